The highest BCUT2D eigenvalue weighted by Crippen LogP contribution is 2.19. The predicted octanol–water partition coefficient (Wildman–Crippen LogP) is 1.17. The number of fused-ring (bicyclic) bond motifs is 1. The van der Waals surface area contributed by atoms with Crippen molar-refractivity contribution >= 4 is 28.7 Å². The molecule has 9 N–H and O–H groups in total. The molecule has 3 unspecified atom stereocenters. The zero-order valence-corrected chi connectivity index (χ0v) is 19.9. The van der Waals surface area contributed by atoms with E-state index >= 15 is 0 Å². The molecule has 192 valence electrons. The number of aliphatic carboxylic acids is 1. The van der Waals surface area contributed by atoms with E-state index in [1.54, 1.807) is 18.3 Å². The molecule has 0 aliphatic heterocycles. The van der Waals surface area contributed by atoms with Crippen molar-refractivity contribution in [2.75, 3.05) is 6.54 Å². The summed E-state index contributed by atoms with van der Waals surface area (Å²) in [6.45, 7) is 0.493. The Balaban J connectivity index is 1.75. The summed E-state index contributed by atoms with van der Waals surface area (Å²) >= 11 is 0. The van der Waals surface area contributed by atoms with Crippen LogP contribution in [0, 0.1) is 0 Å². The summed E-state index contributed by atoms with van der Waals surface area (Å²) in [6, 6.07) is 10.6. The normalized spacial score (nSPS) is 13.6. The van der Waals surface area contributed by atoms with Crippen molar-refractivity contribution in [1.82, 2.24) is 15.6 Å². The maximum absolute atomic E-state index is 13.2. The molecule has 1 heterocycles. The molecule has 0 bridgehead atoms. The Morgan fingerprint density at radius 1 is 0.917 bits per heavy atom. The topological polar surface area (TPSA) is 184 Å². The van der Waals surface area contributed by atoms with Crippen LogP contribution in [0.25, 0.3) is 10.9 Å². The molecule has 3 aromatic rings. The number of unbranched alkanes of at least 4 members (excludes halogenated alkanes) is 1. The highest BCUT2D eigenvalue weighted by Gasteiger charge is 2.29. The molecule has 10 heteroatoms. The lowest BCUT2D eigenvalue weighted by atomic mass is 10.0. The third kappa shape index (κ3) is 7.30. The fourth-order valence-corrected chi connectivity index (χ4v) is 3.99. The summed E-state index contributed by atoms with van der Waals surface area (Å²) < 4.78 is 0. The number of aromatic hydroxyl groups is 1. The number of amides is 2. The number of nitrogens with one attached hydrogen (secondary N) is 3. The summed E-state index contributed by atoms with van der Waals surface area (Å²) in [5.74, 6) is -2.27. The molecule has 36 heavy (non-hydrogen) atoms. The Morgan fingerprint density at radius 2 is 1.61 bits per heavy atom. The molecule has 0 aliphatic carbocycles. The number of nitrogens with two attached hydrogens (primary N) is 2. The van der Waals surface area contributed by atoms with E-state index in [0.717, 1.165) is 22.9 Å². The van der Waals surface area contributed by atoms with E-state index in [4.69, 9.17) is 11.5 Å². The minimum absolute atomic E-state index is 0.0591. The number of aromatic nitrogens is 1. The summed E-state index contributed by atoms with van der Waals surface area (Å²) in [4.78, 5) is 41.1. The van der Waals surface area contributed by atoms with Crippen molar-refractivity contribution in [3.8, 4) is 5.75 Å². The Kier molecular flexibility index (Phi) is 9.43. The maximum atomic E-state index is 13.2. The van der Waals surface area contributed by atoms with E-state index in [1.807, 2.05) is 24.3 Å². The fraction of sp³-hybridized carbons (Fsp3) is 0.346. The highest BCUT2D eigenvalue weighted by molar-refractivity contribution is 5.92. The van der Waals surface area contributed by atoms with Crippen LogP contribution in [-0.4, -0.2) is 57.7 Å². The second-order valence-electron chi connectivity index (χ2n) is 8.79. The van der Waals surface area contributed by atoms with Crippen LogP contribution in [0.5, 0.6) is 5.75 Å². The van der Waals surface area contributed by atoms with Gasteiger partial charge < -0.3 is 37.3 Å². The van der Waals surface area contributed by atoms with Gasteiger partial charge in [-0.05, 0) is 48.7 Å². The molecule has 0 fully saturated rings. The number of H-pyrrole nitrogens is 1. The Morgan fingerprint density at radius 3 is 2.31 bits per heavy atom. The fourth-order valence-electron chi connectivity index (χ4n) is 3.99. The van der Waals surface area contributed by atoms with Gasteiger partial charge in [-0.25, -0.2) is 4.79 Å². The Labute approximate surface area is 209 Å². The first-order valence-corrected chi connectivity index (χ1v) is 11.9. The molecular formula is C26H33N5O5. The van der Waals surface area contributed by atoms with Gasteiger partial charge >= 0.3 is 5.97 Å². The van der Waals surface area contributed by atoms with Crippen molar-refractivity contribution in [1.29, 1.82) is 0 Å². The van der Waals surface area contributed by atoms with Crippen LogP contribution in [0.1, 0.15) is 30.4 Å². The van der Waals surface area contributed by atoms with Crippen molar-refractivity contribution < 1.29 is 24.6 Å². The average molecular weight is 496 g/mol. The van der Waals surface area contributed by atoms with Crippen molar-refractivity contribution in [3.05, 3.63) is 65.9 Å². The second-order valence-corrected chi connectivity index (χ2v) is 8.79. The smallest absolute Gasteiger partial charge is 0.326 e. The van der Waals surface area contributed by atoms with Crippen LogP contribution >= 0.6 is 0 Å². The van der Waals surface area contributed by atoms with Gasteiger partial charge in [-0.3, -0.25) is 9.59 Å². The molecule has 0 spiro atoms. The highest BCUT2D eigenvalue weighted by atomic mass is 16.4. The van der Waals surface area contributed by atoms with E-state index in [0.29, 0.717) is 24.9 Å². The van der Waals surface area contributed by atoms with Gasteiger partial charge in [0.15, 0.2) is 0 Å². The van der Waals surface area contributed by atoms with E-state index < -0.39 is 35.9 Å². The molecule has 10 nitrogen and oxygen atoms in total. The van der Waals surface area contributed by atoms with Crippen LogP contribution in [-0.2, 0) is 27.2 Å². The molecule has 3 atom stereocenters. The number of rotatable bonds is 13. The number of hydrogen-bond acceptors (Lipinski definition) is 6. The Bertz CT molecular complexity index is 1180. The summed E-state index contributed by atoms with van der Waals surface area (Å²) in [6.07, 6.45) is 3.69. The lowest BCUT2D eigenvalue weighted by Gasteiger charge is -2.23. The van der Waals surface area contributed by atoms with Gasteiger partial charge in [-0.15, -0.1) is 0 Å². The van der Waals surface area contributed by atoms with Crippen molar-refractivity contribution in [3.63, 3.8) is 0 Å². The largest absolute Gasteiger partial charge is 0.508 e. The van der Waals surface area contributed by atoms with Gasteiger partial charge in [0.25, 0.3) is 0 Å². The summed E-state index contributed by atoms with van der Waals surface area (Å²) in [7, 11) is 0. The van der Waals surface area contributed by atoms with Crippen molar-refractivity contribution in [2.45, 2.75) is 50.2 Å². The zero-order chi connectivity index (χ0) is 26.1. The van der Waals surface area contributed by atoms with E-state index in [2.05, 4.69) is 15.6 Å². The average Bonchev–Trinajstić information content (AvgIpc) is 3.27. The molecule has 3 rings (SSSR count). The number of carbonyl (C=O) groups excluding carboxylic acids is 2. The number of aromatic amines is 1. The second kappa shape index (κ2) is 12.7. The lowest BCUT2D eigenvalue weighted by Crippen LogP contribution is -2.55. The molecular weight excluding hydrogens is 462 g/mol. The number of carbonyl (C=O) groups is 3. The van der Waals surface area contributed by atoms with Gasteiger partial charge in [0.05, 0.1) is 6.04 Å². The minimum atomic E-state index is -1.21. The van der Waals surface area contributed by atoms with Gasteiger partial charge in [0, 0.05) is 29.9 Å². The number of benzene rings is 2. The van der Waals surface area contributed by atoms with Gasteiger partial charge in [-0.1, -0.05) is 36.8 Å². The molecule has 2 aromatic carbocycles. The SMILES string of the molecule is NCCCCC(N)C(=O)NC(Cc1ccc(O)cc1)C(=O)NC(Cc1c[nH]c2ccccc12)C(=O)O. The van der Waals surface area contributed by atoms with Gasteiger partial charge in [-0.2, -0.15) is 0 Å². The first-order valence-electron chi connectivity index (χ1n) is 11.9. The number of para-hydroxylation sites is 1. The minimum Gasteiger partial charge on any atom is -0.508 e. The zero-order valence-electron chi connectivity index (χ0n) is 19.9. The van der Waals surface area contributed by atoms with Crippen LogP contribution in [0.3, 0.4) is 0 Å². The van der Waals surface area contributed by atoms with Gasteiger partial charge in [0.2, 0.25) is 11.8 Å². The van der Waals surface area contributed by atoms with Crippen LogP contribution in [0.4, 0.5) is 0 Å². The molecule has 0 saturated carbocycles. The summed E-state index contributed by atoms with van der Waals surface area (Å²) in [5.41, 5.74) is 13.8. The molecule has 0 radical (unpaired) electrons. The monoisotopic (exact) mass is 495 g/mol. The molecule has 0 aliphatic rings. The third-order valence-corrected chi connectivity index (χ3v) is 6.03. The first kappa shape index (κ1) is 26.7. The van der Waals surface area contributed by atoms with Crippen LogP contribution in [0.2, 0.25) is 0 Å². The summed E-state index contributed by atoms with van der Waals surface area (Å²) in [5, 5.41) is 25.5. The van der Waals surface area contributed by atoms with Crippen molar-refractivity contribution in [2.24, 2.45) is 11.5 Å². The lowest BCUT2D eigenvalue weighted by molar-refractivity contribution is -0.142. The maximum Gasteiger partial charge on any atom is 0.326 e. The number of hydrogen-bond donors (Lipinski definition) is 7. The molecule has 0 saturated heterocycles. The van der Waals surface area contributed by atoms with E-state index in [-0.39, 0.29) is 18.6 Å². The number of phenols is 1. The number of phenolic OH excluding ortho intramolecular Hbond substituents is 1. The van der Waals surface area contributed by atoms with Gasteiger partial charge in [0.1, 0.15) is 17.8 Å². The standard InChI is InChI=1S/C26H33N5O5/c27-12-4-3-6-20(28)24(33)30-22(13-16-8-10-18(32)11-9-16)25(34)31-23(26(35)36)14-17-15-29-21-7-2-1-5-19(17)21/h1-2,5,7-11,15,20,22-23,29,32H,3-4,6,12-14,27-28H2,(H,30,33)(H,31,34)(H,35,36). The van der Waals surface area contributed by atoms with Crippen LogP contribution < -0.4 is 22.1 Å². The first-order chi connectivity index (χ1) is 17.3. The molecule has 2 amide bonds. The third-order valence-electron chi connectivity index (χ3n) is 6.03. The number of carboxylic acids is 1. The number of carboxylic acid groups (broad SMARTS) is 1. The van der Waals surface area contributed by atoms with E-state index in [9.17, 15) is 24.6 Å². The molecule has 1 aromatic heterocycles. The van der Waals surface area contributed by atoms with Crippen LogP contribution in [0.15, 0.2) is 54.7 Å². The quantitative estimate of drug-likeness (QED) is 0.174. The Hall–Kier alpha value is -3.89. The van der Waals surface area contributed by atoms with E-state index in [1.165, 1.54) is 12.1 Å². The predicted molar refractivity (Wildman–Crippen MR) is 136 cm³/mol.